The van der Waals surface area contributed by atoms with Crippen LogP contribution in [0.4, 0.5) is 5.69 Å². The van der Waals surface area contributed by atoms with E-state index in [1.807, 2.05) is 0 Å². The van der Waals surface area contributed by atoms with Crippen LogP contribution in [0.15, 0.2) is 77.7 Å². The Morgan fingerprint density at radius 3 is 2.29 bits per heavy atom. The molecule has 0 saturated heterocycles. The van der Waals surface area contributed by atoms with E-state index in [1.54, 1.807) is 56.3 Å². The first kappa shape index (κ1) is 29.3. The summed E-state index contributed by atoms with van der Waals surface area (Å²) >= 11 is 12.5. The van der Waals surface area contributed by atoms with Crippen molar-refractivity contribution in [2.24, 2.45) is 0 Å². The van der Waals surface area contributed by atoms with Crippen molar-refractivity contribution in [1.82, 2.24) is 10.2 Å². The minimum absolute atomic E-state index is 0.00275. The van der Waals surface area contributed by atoms with Gasteiger partial charge in [0, 0.05) is 23.1 Å². The summed E-state index contributed by atoms with van der Waals surface area (Å²) in [7, 11) is -2.74. The van der Waals surface area contributed by atoms with Crippen LogP contribution >= 0.6 is 23.2 Å². The van der Waals surface area contributed by atoms with Crippen LogP contribution in [-0.2, 0) is 26.2 Å². The molecule has 0 radical (unpaired) electrons. The van der Waals surface area contributed by atoms with E-state index >= 15 is 0 Å². The minimum atomic E-state index is -4.22. The van der Waals surface area contributed by atoms with Crippen molar-refractivity contribution in [3.05, 3.63) is 88.4 Å². The molecule has 2 amide bonds. The topological polar surface area (TPSA) is 96.0 Å². The van der Waals surface area contributed by atoms with Crippen molar-refractivity contribution in [2.75, 3.05) is 24.5 Å². The molecule has 0 aliphatic heterocycles. The van der Waals surface area contributed by atoms with Gasteiger partial charge in [-0.05, 0) is 67.9 Å². The van der Waals surface area contributed by atoms with Gasteiger partial charge >= 0.3 is 0 Å². The number of rotatable bonds is 11. The maximum absolute atomic E-state index is 13.8. The number of ether oxygens (including phenoxy) is 1. The highest BCUT2D eigenvalue weighted by Crippen LogP contribution is 2.28. The quantitative estimate of drug-likeness (QED) is 0.354. The predicted molar refractivity (Wildman–Crippen MR) is 149 cm³/mol. The molecule has 8 nitrogen and oxygen atoms in total. The molecular formula is C27H29Cl2N3O5S. The number of halogens is 2. The summed E-state index contributed by atoms with van der Waals surface area (Å²) in [5.41, 5.74) is 0.816. The van der Waals surface area contributed by atoms with Gasteiger partial charge in [-0.2, -0.15) is 0 Å². The van der Waals surface area contributed by atoms with Gasteiger partial charge in [0.2, 0.25) is 11.8 Å². The average molecular weight is 579 g/mol. The van der Waals surface area contributed by atoms with Gasteiger partial charge in [0.05, 0.1) is 17.7 Å². The van der Waals surface area contributed by atoms with Crippen LogP contribution in [0, 0.1) is 0 Å². The fraction of sp³-hybridized carbons (Fsp3) is 0.259. The summed E-state index contributed by atoms with van der Waals surface area (Å²) in [6, 6.07) is 18.1. The Bertz CT molecular complexity index is 1380. The van der Waals surface area contributed by atoms with Gasteiger partial charge in [-0.1, -0.05) is 47.5 Å². The molecule has 0 fully saturated rings. The normalized spacial score (nSPS) is 11.9. The molecule has 0 aliphatic carbocycles. The molecule has 3 aromatic rings. The zero-order valence-electron chi connectivity index (χ0n) is 21.2. The maximum atomic E-state index is 13.8. The maximum Gasteiger partial charge on any atom is 0.264 e. The lowest BCUT2D eigenvalue weighted by Gasteiger charge is -2.32. The molecule has 0 aliphatic rings. The number of benzene rings is 3. The summed E-state index contributed by atoms with van der Waals surface area (Å²) in [4.78, 5) is 27.8. The fourth-order valence-electron chi connectivity index (χ4n) is 3.75. The lowest BCUT2D eigenvalue weighted by molar-refractivity contribution is -0.139. The number of carbonyl (C=O) groups excluding carboxylic acids is 2. The Hall–Kier alpha value is -3.27. The lowest BCUT2D eigenvalue weighted by Crippen LogP contribution is -2.51. The Labute approximate surface area is 233 Å². The molecule has 0 unspecified atom stereocenters. The summed E-state index contributed by atoms with van der Waals surface area (Å²) < 4.78 is 33.7. The number of anilines is 1. The molecule has 3 rings (SSSR count). The molecule has 202 valence electrons. The van der Waals surface area contributed by atoms with Crippen LogP contribution in [0.1, 0.15) is 19.4 Å². The highest BCUT2D eigenvalue weighted by molar-refractivity contribution is 7.92. The third-order valence-corrected chi connectivity index (χ3v) is 8.23. The second kappa shape index (κ2) is 13.0. The van der Waals surface area contributed by atoms with Crippen LogP contribution in [0.3, 0.4) is 0 Å². The summed E-state index contributed by atoms with van der Waals surface area (Å²) in [5, 5.41) is 3.44. The number of likely N-dealkylation sites (N-methyl/N-ethyl adjacent to an activating group) is 1. The third kappa shape index (κ3) is 6.98. The van der Waals surface area contributed by atoms with E-state index in [0.29, 0.717) is 27.9 Å². The molecule has 11 heteroatoms. The van der Waals surface area contributed by atoms with Gasteiger partial charge in [-0.25, -0.2) is 8.42 Å². The largest absolute Gasteiger partial charge is 0.497 e. The second-order valence-corrected chi connectivity index (χ2v) is 11.1. The van der Waals surface area contributed by atoms with Crippen molar-refractivity contribution < 1.29 is 22.7 Å². The van der Waals surface area contributed by atoms with E-state index in [1.165, 1.54) is 42.3 Å². The van der Waals surface area contributed by atoms with Crippen LogP contribution < -0.4 is 14.4 Å². The first-order chi connectivity index (χ1) is 18.1. The summed E-state index contributed by atoms with van der Waals surface area (Å²) in [5.74, 6) is -0.489. The van der Waals surface area contributed by atoms with E-state index in [4.69, 9.17) is 27.9 Å². The van der Waals surface area contributed by atoms with E-state index in [0.717, 1.165) is 4.31 Å². The Balaban J connectivity index is 2.04. The van der Waals surface area contributed by atoms with Crippen molar-refractivity contribution >= 4 is 50.7 Å². The molecule has 38 heavy (non-hydrogen) atoms. The Kier molecular flexibility index (Phi) is 10.0. The van der Waals surface area contributed by atoms with Gasteiger partial charge in [-0.15, -0.1) is 0 Å². The Morgan fingerprint density at radius 2 is 1.68 bits per heavy atom. The van der Waals surface area contributed by atoms with Crippen LogP contribution in [0.2, 0.25) is 10.0 Å². The smallest absolute Gasteiger partial charge is 0.264 e. The van der Waals surface area contributed by atoms with E-state index < -0.39 is 28.5 Å². The van der Waals surface area contributed by atoms with Crippen molar-refractivity contribution in [2.45, 2.75) is 31.3 Å². The highest BCUT2D eigenvalue weighted by Gasteiger charge is 2.32. The number of hydrogen-bond acceptors (Lipinski definition) is 5. The van der Waals surface area contributed by atoms with Crippen molar-refractivity contribution in [3.63, 3.8) is 0 Å². The summed E-state index contributed by atoms with van der Waals surface area (Å²) in [6.07, 6.45) is 0. The first-order valence-corrected chi connectivity index (χ1v) is 14.0. The minimum Gasteiger partial charge on any atom is -0.497 e. The molecule has 0 bridgehead atoms. The third-order valence-electron chi connectivity index (χ3n) is 5.84. The van der Waals surface area contributed by atoms with Gasteiger partial charge < -0.3 is 15.0 Å². The van der Waals surface area contributed by atoms with E-state index in [-0.39, 0.29) is 23.0 Å². The van der Waals surface area contributed by atoms with Crippen LogP contribution in [0.5, 0.6) is 5.75 Å². The molecule has 0 heterocycles. The van der Waals surface area contributed by atoms with E-state index in [9.17, 15) is 18.0 Å². The molecule has 3 aromatic carbocycles. The zero-order chi connectivity index (χ0) is 27.9. The SMILES string of the molecule is CCNC(=O)[C@H](C)N(Cc1ccccc1Cl)C(=O)CN(c1cccc(Cl)c1)S(=O)(=O)c1ccc(OC)cc1. The van der Waals surface area contributed by atoms with Crippen molar-refractivity contribution in [1.29, 1.82) is 0 Å². The number of nitrogens with one attached hydrogen (secondary N) is 1. The number of amides is 2. The molecule has 1 N–H and O–H groups in total. The van der Waals surface area contributed by atoms with E-state index in [2.05, 4.69) is 5.32 Å². The number of methoxy groups -OCH3 is 1. The first-order valence-electron chi connectivity index (χ1n) is 11.8. The molecule has 1 atom stereocenters. The number of nitrogens with zero attached hydrogens (tertiary/aromatic N) is 2. The highest BCUT2D eigenvalue weighted by atomic mass is 35.5. The standard InChI is InChI=1S/C27H29Cl2N3O5S/c1-4-30-27(34)19(2)31(17-20-8-5-6-11-25(20)29)26(33)18-32(22-10-7-9-21(28)16-22)38(35,36)24-14-12-23(37-3)13-15-24/h5-16,19H,4,17-18H2,1-3H3,(H,30,34)/t19-/m0/s1. The average Bonchev–Trinajstić information content (AvgIpc) is 2.90. The van der Waals surface area contributed by atoms with Gasteiger partial charge in [-0.3, -0.25) is 13.9 Å². The summed E-state index contributed by atoms with van der Waals surface area (Å²) in [6.45, 7) is 3.15. The van der Waals surface area contributed by atoms with Gasteiger partial charge in [0.1, 0.15) is 18.3 Å². The molecule has 0 spiro atoms. The number of sulfonamides is 1. The fourth-order valence-corrected chi connectivity index (χ4v) is 5.54. The van der Waals surface area contributed by atoms with Crippen molar-refractivity contribution in [3.8, 4) is 5.75 Å². The van der Waals surface area contributed by atoms with Crippen LogP contribution in [-0.4, -0.2) is 51.4 Å². The van der Waals surface area contributed by atoms with Crippen LogP contribution in [0.25, 0.3) is 0 Å². The monoisotopic (exact) mass is 577 g/mol. The number of carbonyl (C=O) groups is 2. The lowest BCUT2D eigenvalue weighted by atomic mass is 10.1. The molecular weight excluding hydrogens is 549 g/mol. The zero-order valence-corrected chi connectivity index (χ0v) is 23.6. The van der Waals surface area contributed by atoms with Gasteiger partial charge in [0.15, 0.2) is 0 Å². The Morgan fingerprint density at radius 1 is 1.00 bits per heavy atom. The number of hydrogen-bond donors (Lipinski definition) is 1. The molecule has 0 aromatic heterocycles. The second-order valence-electron chi connectivity index (χ2n) is 8.35. The van der Waals surface area contributed by atoms with Gasteiger partial charge in [0.25, 0.3) is 10.0 Å². The molecule has 0 saturated carbocycles. The predicted octanol–water partition coefficient (Wildman–Crippen LogP) is 4.75.